The molecular weight excluding hydrogens is 821 g/mol. The van der Waals surface area contributed by atoms with Crippen molar-refractivity contribution in [3.63, 3.8) is 0 Å². The third kappa shape index (κ3) is 6.17. The van der Waals surface area contributed by atoms with Crippen LogP contribution in [0.1, 0.15) is 49.9 Å². The largest absolute Gasteiger partial charge is 0.309 e. The molecule has 2 heteroatoms. The monoisotopic (exact) mass is 870 g/mol. The highest BCUT2D eigenvalue weighted by Gasteiger charge is 2.42. The van der Waals surface area contributed by atoms with Crippen molar-refractivity contribution in [1.82, 2.24) is 9.13 Å². The van der Waals surface area contributed by atoms with E-state index in [0.717, 1.165) is 0 Å². The molecule has 0 radical (unpaired) electrons. The van der Waals surface area contributed by atoms with E-state index in [4.69, 9.17) is 0 Å². The average molecular weight is 871 g/mol. The van der Waals surface area contributed by atoms with Gasteiger partial charge in [0.25, 0.3) is 0 Å². The highest BCUT2D eigenvalue weighted by atomic mass is 15.0. The standard InChI is InChI=1S/C66H50N2/c1-65(2)57-31-29-52(68-63-35-27-49(45-21-13-7-14-22-45)39-55(63)56-40-50(28-36-64(56)68)46-23-15-8-16-24-46)42-60(57)66(3,4)58-32-30-51(41-59(58)65)67-61-33-25-47(43-17-9-5-10-18-43)37-53(61)54-38-48(26-34-62(54)67)44-19-11-6-12-20-44/h5-42H,1-4H3. The lowest BCUT2D eigenvalue weighted by atomic mass is 9.60. The van der Waals surface area contributed by atoms with Crippen LogP contribution in [-0.2, 0) is 10.8 Å². The van der Waals surface area contributed by atoms with Crippen LogP contribution in [0.25, 0.3) is 99.5 Å². The van der Waals surface area contributed by atoms with E-state index in [0.29, 0.717) is 0 Å². The number of aromatic nitrogens is 2. The Morgan fingerprint density at radius 1 is 0.235 bits per heavy atom. The topological polar surface area (TPSA) is 9.86 Å². The summed E-state index contributed by atoms with van der Waals surface area (Å²) in [5.41, 5.74) is 22.0. The molecule has 2 heterocycles. The van der Waals surface area contributed by atoms with E-state index in [9.17, 15) is 0 Å². The van der Waals surface area contributed by atoms with E-state index in [1.807, 2.05) is 0 Å². The van der Waals surface area contributed by atoms with Crippen LogP contribution in [-0.4, -0.2) is 9.13 Å². The van der Waals surface area contributed by atoms with Crippen molar-refractivity contribution in [2.75, 3.05) is 0 Å². The molecule has 13 rings (SSSR count). The lowest BCUT2D eigenvalue weighted by Gasteiger charge is -2.44. The maximum atomic E-state index is 2.49. The summed E-state index contributed by atoms with van der Waals surface area (Å²) in [6.07, 6.45) is 0. The van der Waals surface area contributed by atoms with Gasteiger partial charge in [0.15, 0.2) is 0 Å². The fraction of sp³-hybridized carbons (Fsp3) is 0.0909. The second-order valence-electron chi connectivity index (χ2n) is 19.8. The van der Waals surface area contributed by atoms with Gasteiger partial charge in [-0.2, -0.15) is 0 Å². The Labute approximate surface area is 398 Å². The zero-order valence-corrected chi connectivity index (χ0v) is 38.8. The Kier molecular flexibility index (Phi) is 8.95. The van der Waals surface area contributed by atoms with E-state index >= 15 is 0 Å². The highest BCUT2D eigenvalue weighted by Crippen LogP contribution is 2.52. The molecule has 0 fully saturated rings. The summed E-state index contributed by atoms with van der Waals surface area (Å²) < 4.78 is 4.98. The summed E-state index contributed by atoms with van der Waals surface area (Å²) in [6.45, 7) is 9.68. The van der Waals surface area contributed by atoms with Crippen molar-refractivity contribution in [1.29, 1.82) is 0 Å². The number of nitrogens with zero attached hydrogens (tertiary/aromatic N) is 2. The molecule has 68 heavy (non-hydrogen) atoms. The molecule has 0 bridgehead atoms. The van der Waals surface area contributed by atoms with Gasteiger partial charge in [-0.25, -0.2) is 0 Å². The predicted octanol–water partition coefficient (Wildman–Crippen LogP) is 17.5. The van der Waals surface area contributed by atoms with Crippen LogP contribution >= 0.6 is 0 Å². The van der Waals surface area contributed by atoms with Gasteiger partial charge < -0.3 is 9.13 Å². The molecule has 0 spiro atoms. The maximum absolute atomic E-state index is 2.49. The minimum absolute atomic E-state index is 0.259. The molecular formula is C66H50N2. The Hall–Kier alpha value is -8.20. The zero-order valence-electron chi connectivity index (χ0n) is 38.8. The molecule has 1 aliphatic rings. The third-order valence-electron chi connectivity index (χ3n) is 15.2. The SMILES string of the molecule is CC1(C)c2ccc(-n3c4ccc(-c5ccccc5)cc4c4cc(-c5ccccc5)ccc43)cc2C(C)(C)c2ccc(-n3c4ccc(-c5ccccc5)cc4c4cc(-c5ccccc5)ccc43)cc21. The first-order valence-electron chi connectivity index (χ1n) is 23.9. The van der Waals surface area contributed by atoms with Crippen molar-refractivity contribution in [3.05, 3.63) is 253 Å². The van der Waals surface area contributed by atoms with Gasteiger partial charge in [-0.3, -0.25) is 0 Å². The van der Waals surface area contributed by atoms with Gasteiger partial charge in [-0.05, 0) is 140 Å². The number of hydrogen-bond donors (Lipinski definition) is 0. The van der Waals surface area contributed by atoms with Crippen molar-refractivity contribution in [2.24, 2.45) is 0 Å². The second-order valence-corrected chi connectivity index (χ2v) is 19.8. The summed E-state index contributed by atoms with van der Waals surface area (Å²) in [5, 5.41) is 5.03. The first-order valence-corrected chi connectivity index (χ1v) is 23.9. The van der Waals surface area contributed by atoms with Gasteiger partial charge in [0.05, 0.1) is 22.1 Å². The van der Waals surface area contributed by atoms with Gasteiger partial charge in [0.1, 0.15) is 0 Å². The molecule has 10 aromatic carbocycles. The molecule has 0 aliphatic heterocycles. The van der Waals surface area contributed by atoms with Gasteiger partial charge in [-0.1, -0.05) is 185 Å². The minimum atomic E-state index is -0.259. The summed E-state index contributed by atoms with van der Waals surface area (Å²) in [6, 6.07) is 85.5. The molecule has 324 valence electrons. The Bertz CT molecular complexity index is 3470. The molecule has 0 amide bonds. The van der Waals surface area contributed by atoms with E-state index in [-0.39, 0.29) is 10.8 Å². The molecule has 1 aliphatic carbocycles. The summed E-state index contributed by atoms with van der Waals surface area (Å²) >= 11 is 0. The molecule has 0 saturated heterocycles. The number of fused-ring (bicyclic) bond motifs is 8. The van der Waals surface area contributed by atoms with E-state index in [2.05, 4.69) is 267 Å². The summed E-state index contributed by atoms with van der Waals surface area (Å²) in [5.74, 6) is 0. The molecule has 2 aromatic heterocycles. The number of rotatable bonds is 6. The van der Waals surface area contributed by atoms with Crippen LogP contribution in [0.2, 0.25) is 0 Å². The smallest absolute Gasteiger partial charge is 0.0541 e. The maximum Gasteiger partial charge on any atom is 0.0541 e. The fourth-order valence-electron chi connectivity index (χ4n) is 11.6. The molecule has 0 N–H and O–H groups in total. The highest BCUT2D eigenvalue weighted by molar-refractivity contribution is 6.13. The Morgan fingerprint density at radius 3 is 0.765 bits per heavy atom. The van der Waals surface area contributed by atoms with Gasteiger partial charge >= 0.3 is 0 Å². The van der Waals surface area contributed by atoms with Crippen molar-refractivity contribution in [3.8, 4) is 55.9 Å². The van der Waals surface area contributed by atoms with Crippen molar-refractivity contribution < 1.29 is 0 Å². The summed E-state index contributed by atoms with van der Waals surface area (Å²) in [4.78, 5) is 0. The first-order chi connectivity index (χ1) is 33.2. The Morgan fingerprint density at radius 2 is 0.500 bits per heavy atom. The fourth-order valence-corrected chi connectivity index (χ4v) is 11.6. The van der Waals surface area contributed by atoms with E-state index in [1.54, 1.807) is 0 Å². The van der Waals surface area contributed by atoms with Crippen LogP contribution < -0.4 is 0 Å². The number of hydrogen-bond acceptors (Lipinski definition) is 0. The van der Waals surface area contributed by atoms with Crippen LogP contribution in [0.15, 0.2) is 231 Å². The predicted molar refractivity (Wildman–Crippen MR) is 288 cm³/mol. The molecule has 2 nitrogen and oxygen atoms in total. The molecule has 12 aromatic rings. The quantitative estimate of drug-likeness (QED) is 0.158. The van der Waals surface area contributed by atoms with Gasteiger partial charge in [0, 0.05) is 43.7 Å². The zero-order chi connectivity index (χ0) is 45.7. The number of benzene rings is 10. The van der Waals surface area contributed by atoms with Crippen LogP contribution in [0.4, 0.5) is 0 Å². The lowest BCUT2D eigenvalue weighted by molar-refractivity contribution is 0.520. The lowest BCUT2D eigenvalue weighted by Crippen LogP contribution is -2.36. The molecule has 0 saturated carbocycles. The molecule has 0 atom stereocenters. The van der Waals surface area contributed by atoms with Crippen molar-refractivity contribution in [2.45, 2.75) is 38.5 Å². The van der Waals surface area contributed by atoms with Gasteiger partial charge in [0.2, 0.25) is 0 Å². The van der Waals surface area contributed by atoms with Crippen molar-refractivity contribution >= 4 is 43.6 Å². The molecule has 0 unspecified atom stereocenters. The summed E-state index contributed by atoms with van der Waals surface area (Å²) in [7, 11) is 0. The normalized spacial score (nSPS) is 13.8. The van der Waals surface area contributed by atoms with E-state index in [1.165, 1.54) is 122 Å². The third-order valence-corrected chi connectivity index (χ3v) is 15.2. The van der Waals surface area contributed by atoms with Crippen LogP contribution in [0, 0.1) is 0 Å². The van der Waals surface area contributed by atoms with E-state index < -0.39 is 0 Å². The van der Waals surface area contributed by atoms with Crippen LogP contribution in [0.3, 0.4) is 0 Å². The first kappa shape index (κ1) is 40.1. The Balaban J connectivity index is 0.960. The second kappa shape index (κ2) is 15.2. The average Bonchev–Trinajstić information content (AvgIpc) is 3.90. The van der Waals surface area contributed by atoms with Crippen LogP contribution in [0.5, 0.6) is 0 Å². The minimum Gasteiger partial charge on any atom is -0.309 e. The van der Waals surface area contributed by atoms with Gasteiger partial charge in [-0.15, -0.1) is 0 Å².